The first-order valence-corrected chi connectivity index (χ1v) is 14.8. The molecule has 246 valence electrons. The lowest BCUT2D eigenvalue weighted by atomic mass is 10.1. The second-order valence-corrected chi connectivity index (χ2v) is 10.3. The van der Waals surface area contributed by atoms with Gasteiger partial charge in [0.15, 0.2) is 34.5 Å². The van der Waals surface area contributed by atoms with Crippen LogP contribution in [0.1, 0.15) is 33.2 Å². The Bertz CT molecular complexity index is 1700. The molecule has 0 spiro atoms. The molecule has 1 amide bonds. The Hall–Kier alpha value is -5.71. The number of hydrogen-bond acceptors (Lipinski definition) is 10. The first-order valence-electron chi connectivity index (χ1n) is 14.8. The number of hydrogen-bond donors (Lipinski definition) is 2. The van der Waals surface area contributed by atoms with E-state index in [4.69, 9.17) is 37.9 Å². The van der Waals surface area contributed by atoms with Crippen LogP contribution in [0.15, 0.2) is 66.7 Å². The van der Waals surface area contributed by atoms with Gasteiger partial charge in [0.05, 0.1) is 48.2 Å². The zero-order chi connectivity index (χ0) is 33.3. The number of rotatable bonds is 14. The van der Waals surface area contributed by atoms with Crippen molar-refractivity contribution in [3.63, 3.8) is 0 Å². The van der Waals surface area contributed by atoms with Crippen LogP contribution in [0.3, 0.4) is 0 Å². The predicted molar refractivity (Wildman–Crippen MR) is 179 cm³/mol. The molecule has 0 fully saturated rings. The number of carbonyl (C=O) groups is 1. The smallest absolute Gasteiger partial charge is 0.255 e. The number of para-hydroxylation sites is 1. The van der Waals surface area contributed by atoms with E-state index < -0.39 is 6.17 Å². The Kier molecular flexibility index (Phi) is 10.5. The van der Waals surface area contributed by atoms with Gasteiger partial charge in [-0.25, -0.2) is 0 Å². The van der Waals surface area contributed by atoms with Gasteiger partial charge in [-0.05, 0) is 65.2 Å². The highest BCUT2D eigenvalue weighted by atomic mass is 16.6. The number of benzene rings is 4. The average molecular weight is 643 g/mol. The third kappa shape index (κ3) is 7.25. The van der Waals surface area contributed by atoms with E-state index in [1.165, 1.54) is 0 Å². The number of methoxy groups -OCH3 is 6. The summed E-state index contributed by atoms with van der Waals surface area (Å²) >= 11 is 0. The van der Waals surface area contributed by atoms with Crippen molar-refractivity contribution in [1.29, 1.82) is 0 Å². The van der Waals surface area contributed by atoms with Gasteiger partial charge in [0.1, 0.15) is 19.4 Å². The second kappa shape index (κ2) is 15.0. The van der Waals surface area contributed by atoms with Gasteiger partial charge in [0.25, 0.3) is 5.91 Å². The lowest BCUT2D eigenvalue weighted by Crippen LogP contribution is -2.38. The molecule has 1 unspecified atom stereocenters. The number of ether oxygens (including phenoxy) is 8. The number of anilines is 1. The minimum Gasteiger partial charge on any atom is -0.493 e. The molecule has 0 aromatic heterocycles. The fourth-order valence-corrected chi connectivity index (χ4v) is 5.18. The fourth-order valence-electron chi connectivity index (χ4n) is 5.18. The summed E-state index contributed by atoms with van der Waals surface area (Å²) in [6, 6.07) is 20.3. The molecule has 0 bridgehead atoms. The van der Waals surface area contributed by atoms with E-state index in [9.17, 15) is 4.79 Å². The summed E-state index contributed by atoms with van der Waals surface area (Å²) in [5, 5.41) is 6.33. The van der Waals surface area contributed by atoms with E-state index >= 15 is 0 Å². The van der Waals surface area contributed by atoms with Crippen LogP contribution >= 0.6 is 0 Å². The van der Waals surface area contributed by atoms with Crippen LogP contribution in [-0.2, 0) is 0 Å². The van der Waals surface area contributed by atoms with E-state index in [2.05, 4.69) is 10.6 Å². The van der Waals surface area contributed by atoms with Crippen molar-refractivity contribution in [2.75, 3.05) is 61.2 Å². The summed E-state index contributed by atoms with van der Waals surface area (Å²) in [6.45, 7) is 0.422. The number of fused-ring (bicyclic) bond motifs is 1. The second-order valence-electron chi connectivity index (χ2n) is 10.3. The van der Waals surface area contributed by atoms with Crippen LogP contribution in [-0.4, -0.2) is 61.8 Å². The molecule has 0 radical (unpaired) electrons. The summed E-state index contributed by atoms with van der Waals surface area (Å²) in [5.41, 5.74) is 3.87. The number of amides is 1. The van der Waals surface area contributed by atoms with E-state index in [0.717, 1.165) is 22.4 Å². The van der Waals surface area contributed by atoms with Crippen LogP contribution in [0.4, 0.5) is 5.69 Å². The van der Waals surface area contributed by atoms with E-state index in [1.807, 2.05) is 66.7 Å². The summed E-state index contributed by atoms with van der Waals surface area (Å²) in [7, 11) is 9.42. The quantitative estimate of drug-likeness (QED) is 0.121. The third-order valence-corrected chi connectivity index (χ3v) is 7.49. The van der Waals surface area contributed by atoms with Crippen LogP contribution < -0.4 is 48.5 Å². The maximum atomic E-state index is 12.6. The number of carbonyl (C=O) groups excluding carboxylic acids is 1. The molecule has 4 aromatic rings. The van der Waals surface area contributed by atoms with E-state index in [0.29, 0.717) is 51.6 Å². The highest BCUT2D eigenvalue weighted by Gasteiger charge is 2.25. The monoisotopic (exact) mass is 642 g/mol. The van der Waals surface area contributed by atoms with Crippen molar-refractivity contribution in [2.24, 2.45) is 0 Å². The largest absolute Gasteiger partial charge is 0.493 e. The van der Waals surface area contributed by atoms with Crippen LogP contribution in [0.25, 0.3) is 12.2 Å². The minimum absolute atomic E-state index is 0.144. The lowest BCUT2D eigenvalue weighted by Gasteiger charge is -2.28. The lowest BCUT2D eigenvalue weighted by molar-refractivity contribution is 0.0935. The molecule has 2 N–H and O–H groups in total. The summed E-state index contributed by atoms with van der Waals surface area (Å²) in [6.07, 6.45) is 3.42. The van der Waals surface area contributed by atoms with Gasteiger partial charge in [0, 0.05) is 5.69 Å². The van der Waals surface area contributed by atoms with Crippen molar-refractivity contribution < 1.29 is 42.7 Å². The summed E-state index contributed by atoms with van der Waals surface area (Å²) < 4.78 is 45.3. The van der Waals surface area contributed by atoms with Crippen molar-refractivity contribution in [3.8, 4) is 46.0 Å². The van der Waals surface area contributed by atoms with Gasteiger partial charge in [-0.3, -0.25) is 4.79 Å². The molecule has 4 aromatic carbocycles. The Balaban J connectivity index is 1.24. The Morgan fingerprint density at radius 1 is 0.574 bits per heavy atom. The van der Waals surface area contributed by atoms with Gasteiger partial charge >= 0.3 is 0 Å². The molecule has 0 saturated carbocycles. The molecule has 0 aliphatic carbocycles. The topological polar surface area (TPSA) is 115 Å². The first-order chi connectivity index (χ1) is 22.9. The van der Waals surface area contributed by atoms with Gasteiger partial charge in [-0.15, -0.1) is 0 Å². The maximum absolute atomic E-state index is 12.6. The van der Waals surface area contributed by atoms with Gasteiger partial charge in [-0.1, -0.05) is 30.4 Å². The van der Waals surface area contributed by atoms with Crippen molar-refractivity contribution in [1.82, 2.24) is 5.32 Å². The SMILES string of the molecule is COc1cc(C2NC(=O)c3ccccc3N2)ccc1OCCOc1c(OC)cc(/C=C\c2cc(OC)c(OC)c(OC)c2)cc1OC. The molecule has 1 aliphatic rings. The van der Waals surface area contributed by atoms with Crippen LogP contribution in [0, 0.1) is 0 Å². The molecule has 1 heterocycles. The van der Waals surface area contributed by atoms with Crippen molar-refractivity contribution in [3.05, 3.63) is 89.0 Å². The molecular formula is C36H38N2O9. The molecule has 11 heteroatoms. The highest BCUT2D eigenvalue weighted by molar-refractivity contribution is 6.01. The van der Waals surface area contributed by atoms with E-state index in [1.54, 1.807) is 54.8 Å². The van der Waals surface area contributed by atoms with Crippen molar-refractivity contribution >= 4 is 23.7 Å². The van der Waals surface area contributed by atoms with Gasteiger partial charge in [-0.2, -0.15) is 0 Å². The molecule has 0 saturated heterocycles. The van der Waals surface area contributed by atoms with Gasteiger partial charge < -0.3 is 48.5 Å². The summed E-state index contributed by atoms with van der Waals surface area (Å²) in [5.74, 6) is 4.00. The zero-order valence-electron chi connectivity index (χ0n) is 27.2. The molecular weight excluding hydrogens is 604 g/mol. The van der Waals surface area contributed by atoms with Crippen LogP contribution in [0.2, 0.25) is 0 Å². The van der Waals surface area contributed by atoms with Gasteiger partial charge in [0.2, 0.25) is 11.5 Å². The first kappa shape index (κ1) is 32.7. The average Bonchev–Trinajstić information content (AvgIpc) is 3.11. The fraction of sp³-hybridized carbons (Fsp3) is 0.250. The Morgan fingerprint density at radius 2 is 1.13 bits per heavy atom. The van der Waals surface area contributed by atoms with Crippen LogP contribution in [0.5, 0.6) is 46.0 Å². The maximum Gasteiger partial charge on any atom is 0.255 e. The predicted octanol–water partition coefficient (Wildman–Crippen LogP) is 6.22. The van der Waals surface area contributed by atoms with Crippen molar-refractivity contribution in [2.45, 2.75) is 6.17 Å². The highest BCUT2D eigenvalue weighted by Crippen LogP contribution is 2.41. The Labute approximate surface area is 273 Å². The van der Waals surface area contributed by atoms with E-state index in [-0.39, 0.29) is 19.1 Å². The minimum atomic E-state index is -0.414. The molecule has 1 aliphatic heterocycles. The normalized spacial score (nSPS) is 13.6. The number of nitrogens with one attached hydrogen (secondary N) is 2. The molecule has 1 atom stereocenters. The molecule has 5 rings (SSSR count). The zero-order valence-corrected chi connectivity index (χ0v) is 27.2. The molecule has 11 nitrogen and oxygen atoms in total. The standard InChI is InChI=1S/C36H38N2O9/c1-40-28-21-24(35-37-26-10-8-7-9-25(26)36(39)38-35)13-14-27(28)46-15-16-47-34-31(43-4)19-23(20-32(34)44-5)12-11-22-17-29(41-2)33(45-6)30(18-22)42-3/h7-14,17-21,35,37H,15-16H2,1-6H3,(H,38,39)/b12-11-. The summed E-state index contributed by atoms with van der Waals surface area (Å²) in [4.78, 5) is 12.6. The Morgan fingerprint density at radius 3 is 1.70 bits per heavy atom. The third-order valence-electron chi connectivity index (χ3n) is 7.49. The molecule has 47 heavy (non-hydrogen) atoms.